The van der Waals surface area contributed by atoms with Crippen molar-refractivity contribution in [2.45, 2.75) is 5.75 Å². The monoisotopic (exact) mass is 282 g/mol. The van der Waals surface area contributed by atoms with Crippen molar-refractivity contribution in [1.82, 2.24) is 9.97 Å². The summed E-state index contributed by atoms with van der Waals surface area (Å²) >= 11 is 0. The van der Waals surface area contributed by atoms with E-state index >= 15 is 0 Å². The van der Waals surface area contributed by atoms with Gasteiger partial charge in [-0.05, 0) is 23.6 Å². The van der Waals surface area contributed by atoms with Crippen molar-refractivity contribution in [3.05, 3.63) is 60.4 Å². The van der Waals surface area contributed by atoms with Crippen LogP contribution >= 0.6 is 0 Å². The Morgan fingerprint density at radius 3 is 2.60 bits per heavy atom. The smallest absolute Gasteiger partial charge is 0.0896 e. The summed E-state index contributed by atoms with van der Waals surface area (Å²) in [5.41, 5.74) is 2.52. The molecule has 20 heavy (non-hydrogen) atoms. The Bertz CT molecular complexity index is 772. The summed E-state index contributed by atoms with van der Waals surface area (Å²) in [6.07, 6.45) is 3.45. The highest BCUT2D eigenvalue weighted by atomic mass is 32.2. The van der Waals surface area contributed by atoms with Crippen LogP contribution in [-0.2, 0) is 16.6 Å². The van der Waals surface area contributed by atoms with Gasteiger partial charge in [0, 0.05) is 28.6 Å². The molecule has 0 aliphatic heterocycles. The molecule has 3 aromatic rings. The molecular formula is C16H14N2OS. The minimum atomic E-state index is -0.920. The Morgan fingerprint density at radius 1 is 1.05 bits per heavy atom. The molecule has 0 saturated heterocycles. The second kappa shape index (κ2) is 5.51. The van der Waals surface area contributed by atoms with Gasteiger partial charge in [-0.25, -0.2) is 4.98 Å². The Kier molecular flexibility index (Phi) is 3.56. The van der Waals surface area contributed by atoms with Crippen molar-refractivity contribution >= 4 is 21.6 Å². The SMILES string of the molecule is CS(=O)Cc1nc(-c2ccccn2)cc2ccccc12. The standard InChI is InChI=1S/C16H14N2OS/c1-20(19)11-16-13-7-3-2-6-12(13)10-15(18-16)14-8-4-5-9-17-14/h2-10H,11H2,1H3. The molecule has 0 radical (unpaired) electrons. The van der Waals surface area contributed by atoms with Gasteiger partial charge in [-0.15, -0.1) is 0 Å². The first-order valence-electron chi connectivity index (χ1n) is 6.34. The molecule has 2 heterocycles. The van der Waals surface area contributed by atoms with E-state index in [1.54, 1.807) is 12.5 Å². The van der Waals surface area contributed by atoms with Crippen LogP contribution in [0.2, 0.25) is 0 Å². The van der Waals surface area contributed by atoms with Crippen molar-refractivity contribution < 1.29 is 4.21 Å². The predicted octanol–water partition coefficient (Wildman–Crippen LogP) is 3.18. The summed E-state index contributed by atoms with van der Waals surface area (Å²) in [7, 11) is -0.920. The third kappa shape index (κ3) is 2.60. The highest BCUT2D eigenvalue weighted by molar-refractivity contribution is 7.83. The zero-order valence-corrected chi connectivity index (χ0v) is 11.9. The zero-order valence-electron chi connectivity index (χ0n) is 11.1. The maximum absolute atomic E-state index is 11.6. The largest absolute Gasteiger partial charge is 0.259 e. The summed E-state index contributed by atoms with van der Waals surface area (Å²) in [6.45, 7) is 0. The molecule has 4 heteroatoms. The van der Waals surface area contributed by atoms with Crippen LogP contribution in [0.3, 0.4) is 0 Å². The lowest BCUT2D eigenvalue weighted by molar-refractivity contribution is 0.686. The molecule has 0 amide bonds. The molecule has 0 saturated carbocycles. The predicted molar refractivity (Wildman–Crippen MR) is 82.7 cm³/mol. The van der Waals surface area contributed by atoms with E-state index < -0.39 is 10.8 Å². The summed E-state index contributed by atoms with van der Waals surface area (Å²) in [5, 5.41) is 2.16. The summed E-state index contributed by atoms with van der Waals surface area (Å²) in [6, 6.07) is 15.8. The Morgan fingerprint density at radius 2 is 1.85 bits per heavy atom. The Labute approximate surface area is 120 Å². The van der Waals surface area contributed by atoms with Crippen molar-refractivity contribution in [2.75, 3.05) is 6.26 Å². The quantitative estimate of drug-likeness (QED) is 0.741. The number of hydrogen-bond acceptors (Lipinski definition) is 3. The molecule has 0 aliphatic rings. The van der Waals surface area contributed by atoms with Gasteiger partial charge in [-0.3, -0.25) is 9.19 Å². The highest BCUT2D eigenvalue weighted by Crippen LogP contribution is 2.24. The lowest BCUT2D eigenvalue weighted by Crippen LogP contribution is -1.99. The first kappa shape index (κ1) is 12.9. The molecule has 3 rings (SSSR count). The van der Waals surface area contributed by atoms with E-state index in [-0.39, 0.29) is 0 Å². The summed E-state index contributed by atoms with van der Waals surface area (Å²) in [5.74, 6) is 0.460. The van der Waals surface area contributed by atoms with Gasteiger partial charge in [0.2, 0.25) is 0 Å². The Balaban J connectivity index is 2.22. The molecule has 1 unspecified atom stereocenters. The van der Waals surface area contributed by atoms with Crippen molar-refractivity contribution in [1.29, 1.82) is 0 Å². The van der Waals surface area contributed by atoms with Gasteiger partial charge in [-0.2, -0.15) is 0 Å². The lowest BCUT2D eigenvalue weighted by atomic mass is 10.1. The molecule has 0 N–H and O–H groups in total. The fraction of sp³-hybridized carbons (Fsp3) is 0.125. The highest BCUT2D eigenvalue weighted by Gasteiger charge is 2.09. The second-order valence-electron chi connectivity index (χ2n) is 4.61. The van der Waals surface area contributed by atoms with Gasteiger partial charge in [0.1, 0.15) is 0 Å². The van der Waals surface area contributed by atoms with Crippen LogP contribution in [0.4, 0.5) is 0 Å². The van der Waals surface area contributed by atoms with Crippen LogP contribution in [0.15, 0.2) is 54.7 Å². The second-order valence-corrected chi connectivity index (χ2v) is 6.04. The average molecular weight is 282 g/mol. The topological polar surface area (TPSA) is 42.9 Å². The molecule has 1 atom stereocenters. The molecule has 1 aromatic carbocycles. The molecule has 0 bridgehead atoms. The molecule has 100 valence electrons. The molecular weight excluding hydrogens is 268 g/mol. The first-order chi connectivity index (χ1) is 9.74. The average Bonchev–Trinajstić information content (AvgIpc) is 2.47. The van der Waals surface area contributed by atoms with Crippen molar-refractivity contribution in [2.24, 2.45) is 0 Å². The number of rotatable bonds is 3. The van der Waals surface area contributed by atoms with Gasteiger partial charge < -0.3 is 0 Å². The van der Waals surface area contributed by atoms with E-state index in [0.717, 1.165) is 27.9 Å². The summed E-state index contributed by atoms with van der Waals surface area (Å²) < 4.78 is 11.6. The first-order valence-corrected chi connectivity index (χ1v) is 8.07. The third-order valence-corrected chi connectivity index (χ3v) is 3.77. The Hall–Kier alpha value is -2.07. The van der Waals surface area contributed by atoms with Crippen LogP contribution in [-0.4, -0.2) is 20.4 Å². The van der Waals surface area contributed by atoms with Gasteiger partial charge in [0.15, 0.2) is 0 Å². The van der Waals surface area contributed by atoms with Crippen LogP contribution in [0, 0.1) is 0 Å². The van der Waals surface area contributed by atoms with Crippen molar-refractivity contribution in [3.63, 3.8) is 0 Å². The van der Waals surface area contributed by atoms with Crippen LogP contribution in [0.1, 0.15) is 5.69 Å². The third-order valence-electron chi connectivity index (χ3n) is 3.09. The number of pyridine rings is 2. The number of aromatic nitrogens is 2. The minimum Gasteiger partial charge on any atom is -0.259 e. The normalized spacial score (nSPS) is 12.4. The minimum absolute atomic E-state index is 0.460. The van der Waals surface area contributed by atoms with E-state index in [2.05, 4.69) is 9.97 Å². The fourth-order valence-electron chi connectivity index (χ4n) is 2.22. The number of hydrogen-bond donors (Lipinski definition) is 0. The molecule has 3 nitrogen and oxygen atoms in total. The molecule has 2 aromatic heterocycles. The number of fused-ring (bicyclic) bond motifs is 1. The number of nitrogens with zero attached hydrogens (tertiary/aromatic N) is 2. The summed E-state index contributed by atoms with van der Waals surface area (Å²) in [4.78, 5) is 8.99. The van der Waals surface area contributed by atoms with Crippen LogP contribution < -0.4 is 0 Å². The van der Waals surface area contributed by atoms with Gasteiger partial charge in [-0.1, -0.05) is 30.3 Å². The fourth-order valence-corrected chi connectivity index (χ4v) is 2.82. The van der Waals surface area contributed by atoms with E-state index in [1.807, 2.05) is 48.5 Å². The van der Waals surface area contributed by atoms with E-state index in [1.165, 1.54) is 0 Å². The maximum Gasteiger partial charge on any atom is 0.0896 e. The van der Waals surface area contributed by atoms with Gasteiger partial charge >= 0.3 is 0 Å². The van der Waals surface area contributed by atoms with Gasteiger partial charge in [0.25, 0.3) is 0 Å². The lowest BCUT2D eigenvalue weighted by Gasteiger charge is -2.08. The molecule has 0 fully saturated rings. The van der Waals surface area contributed by atoms with E-state index in [0.29, 0.717) is 5.75 Å². The van der Waals surface area contributed by atoms with E-state index in [4.69, 9.17) is 0 Å². The van der Waals surface area contributed by atoms with E-state index in [9.17, 15) is 4.21 Å². The number of benzene rings is 1. The van der Waals surface area contributed by atoms with Gasteiger partial charge in [0.05, 0.1) is 22.8 Å². The molecule has 0 aliphatic carbocycles. The zero-order chi connectivity index (χ0) is 13.9. The van der Waals surface area contributed by atoms with Crippen molar-refractivity contribution in [3.8, 4) is 11.4 Å². The molecule has 0 spiro atoms. The van der Waals surface area contributed by atoms with Crippen LogP contribution in [0.5, 0.6) is 0 Å². The maximum atomic E-state index is 11.6. The van der Waals surface area contributed by atoms with Crippen LogP contribution in [0.25, 0.3) is 22.2 Å².